The summed E-state index contributed by atoms with van der Waals surface area (Å²) in [4.78, 5) is 4.26. The lowest BCUT2D eigenvalue weighted by Gasteiger charge is -2.15. The van der Waals surface area contributed by atoms with E-state index in [0.29, 0.717) is 16.9 Å². The van der Waals surface area contributed by atoms with Crippen molar-refractivity contribution < 1.29 is 13.9 Å². The first kappa shape index (κ1) is 10.1. The molecule has 3 rings (SSSR count). The number of hydrogen-bond acceptors (Lipinski definition) is 4. The van der Waals surface area contributed by atoms with E-state index in [1.807, 2.05) is 24.3 Å². The van der Waals surface area contributed by atoms with Gasteiger partial charge >= 0.3 is 0 Å². The SMILES string of the molecule is C[C@@](O)(c1ccco1)c1nc2ccccc2o1. The Morgan fingerprint density at radius 2 is 2.00 bits per heavy atom. The van der Waals surface area contributed by atoms with Gasteiger partial charge in [-0.2, -0.15) is 0 Å². The summed E-state index contributed by atoms with van der Waals surface area (Å²) >= 11 is 0. The average molecular weight is 229 g/mol. The summed E-state index contributed by atoms with van der Waals surface area (Å²) in [5, 5.41) is 10.4. The predicted molar refractivity (Wildman–Crippen MR) is 61.4 cm³/mol. The van der Waals surface area contributed by atoms with E-state index < -0.39 is 5.60 Å². The molecule has 2 heterocycles. The van der Waals surface area contributed by atoms with Crippen LogP contribution in [0.1, 0.15) is 18.6 Å². The number of furan rings is 1. The van der Waals surface area contributed by atoms with E-state index in [-0.39, 0.29) is 5.89 Å². The quantitative estimate of drug-likeness (QED) is 0.733. The van der Waals surface area contributed by atoms with E-state index in [1.165, 1.54) is 6.26 Å². The number of aromatic nitrogens is 1. The maximum Gasteiger partial charge on any atom is 0.235 e. The molecular formula is C13H11NO3. The molecule has 0 radical (unpaired) electrons. The highest BCUT2D eigenvalue weighted by molar-refractivity contribution is 5.72. The molecule has 0 saturated heterocycles. The number of aliphatic hydroxyl groups is 1. The Morgan fingerprint density at radius 3 is 2.71 bits per heavy atom. The van der Waals surface area contributed by atoms with Gasteiger partial charge in [0.05, 0.1) is 6.26 Å². The fourth-order valence-corrected chi connectivity index (χ4v) is 1.74. The molecular weight excluding hydrogens is 218 g/mol. The maximum absolute atomic E-state index is 10.4. The zero-order valence-corrected chi connectivity index (χ0v) is 9.25. The molecule has 4 nitrogen and oxygen atoms in total. The summed E-state index contributed by atoms with van der Waals surface area (Å²) in [6.07, 6.45) is 1.51. The van der Waals surface area contributed by atoms with Crippen molar-refractivity contribution in [2.45, 2.75) is 12.5 Å². The summed E-state index contributed by atoms with van der Waals surface area (Å²) in [6, 6.07) is 10.8. The van der Waals surface area contributed by atoms with E-state index in [0.717, 1.165) is 0 Å². The summed E-state index contributed by atoms with van der Waals surface area (Å²) in [5.74, 6) is 0.637. The molecule has 0 aliphatic rings. The lowest BCUT2D eigenvalue weighted by molar-refractivity contribution is 0.0499. The fraction of sp³-hybridized carbons (Fsp3) is 0.154. The van der Waals surface area contributed by atoms with Crippen molar-refractivity contribution >= 4 is 11.1 Å². The summed E-state index contributed by atoms with van der Waals surface area (Å²) in [6.45, 7) is 1.59. The highest BCUT2D eigenvalue weighted by Crippen LogP contribution is 2.30. The van der Waals surface area contributed by atoms with E-state index in [2.05, 4.69) is 4.98 Å². The number of fused-ring (bicyclic) bond motifs is 1. The average Bonchev–Trinajstić information content (AvgIpc) is 2.98. The lowest BCUT2D eigenvalue weighted by Crippen LogP contribution is -2.22. The zero-order chi connectivity index (χ0) is 11.9. The van der Waals surface area contributed by atoms with Crippen LogP contribution in [0.25, 0.3) is 11.1 Å². The van der Waals surface area contributed by atoms with E-state index in [1.54, 1.807) is 19.1 Å². The molecule has 0 bridgehead atoms. The molecule has 1 atom stereocenters. The molecule has 0 spiro atoms. The summed E-state index contributed by atoms with van der Waals surface area (Å²) in [7, 11) is 0. The summed E-state index contributed by atoms with van der Waals surface area (Å²) < 4.78 is 10.7. The van der Waals surface area contributed by atoms with Gasteiger partial charge in [0.25, 0.3) is 0 Å². The van der Waals surface area contributed by atoms with Crippen LogP contribution < -0.4 is 0 Å². The Labute approximate surface area is 97.5 Å². The number of rotatable bonds is 2. The van der Waals surface area contributed by atoms with E-state index in [9.17, 15) is 5.11 Å². The second-order valence-electron chi connectivity index (χ2n) is 4.04. The third-order valence-corrected chi connectivity index (χ3v) is 2.71. The Morgan fingerprint density at radius 1 is 1.18 bits per heavy atom. The number of nitrogens with zero attached hydrogens (tertiary/aromatic N) is 1. The Balaban J connectivity index is 2.15. The Kier molecular flexibility index (Phi) is 2.06. The van der Waals surface area contributed by atoms with Crippen molar-refractivity contribution in [2.75, 3.05) is 0 Å². The van der Waals surface area contributed by atoms with Gasteiger partial charge in [-0.3, -0.25) is 0 Å². The highest BCUT2D eigenvalue weighted by atomic mass is 16.4. The normalized spacial score (nSPS) is 14.9. The largest absolute Gasteiger partial charge is 0.466 e. The fourth-order valence-electron chi connectivity index (χ4n) is 1.74. The number of oxazole rings is 1. The van der Waals surface area contributed by atoms with E-state index >= 15 is 0 Å². The third kappa shape index (κ3) is 1.54. The van der Waals surface area contributed by atoms with Gasteiger partial charge in [0.2, 0.25) is 5.89 Å². The lowest BCUT2D eigenvalue weighted by atomic mass is 10.0. The Bertz CT molecular complexity index is 605. The topological polar surface area (TPSA) is 59.4 Å². The van der Waals surface area contributed by atoms with Gasteiger partial charge in [-0.05, 0) is 31.2 Å². The van der Waals surface area contributed by atoms with Crippen molar-refractivity contribution in [1.82, 2.24) is 4.98 Å². The second kappa shape index (κ2) is 3.46. The zero-order valence-electron chi connectivity index (χ0n) is 9.25. The molecule has 0 fully saturated rings. The van der Waals surface area contributed by atoms with Crippen LogP contribution in [-0.2, 0) is 5.60 Å². The first-order valence-electron chi connectivity index (χ1n) is 5.30. The molecule has 1 aromatic carbocycles. The number of hydrogen-bond donors (Lipinski definition) is 1. The van der Waals surface area contributed by atoms with Crippen LogP contribution >= 0.6 is 0 Å². The van der Waals surface area contributed by atoms with Crippen LogP contribution in [0.15, 0.2) is 51.5 Å². The van der Waals surface area contributed by atoms with Gasteiger partial charge in [-0.25, -0.2) is 4.98 Å². The first-order valence-corrected chi connectivity index (χ1v) is 5.30. The van der Waals surface area contributed by atoms with Crippen molar-refractivity contribution in [2.24, 2.45) is 0 Å². The van der Waals surface area contributed by atoms with E-state index in [4.69, 9.17) is 8.83 Å². The van der Waals surface area contributed by atoms with Crippen LogP contribution in [0.5, 0.6) is 0 Å². The van der Waals surface area contributed by atoms with Gasteiger partial charge in [0, 0.05) is 0 Å². The molecule has 1 N–H and O–H groups in total. The smallest absolute Gasteiger partial charge is 0.235 e. The van der Waals surface area contributed by atoms with Crippen molar-refractivity contribution in [3.8, 4) is 0 Å². The van der Waals surface area contributed by atoms with Gasteiger partial charge in [0.15, 0.2) is 11.2 Å². The molecule has 0 aliphatic carbocycles. The van der Waals surface area contributed by atoms with Crippen LogP contribution in [0.3, 0.4) is 0 Å². The van der Waals surface area contributed by atoms with Crippen LogP contribution in [0.4, 0.5) is 0 Å². The molecule has 3 aromatic rings. The van der Waals surface area contributed by atoms with Crippen molar-refractivity contribution in [3.05, 3.63) is 54.3 Å². The molecule has 4 heteroatoms. The van der Waals surface area contributed by atoms with Gasteiger partial charge in [-0.15, -0.1) is 0 Å². The van der Waals surface area contributed by atoms with Crippen molar-refractivity contribution in [1.29, 1.82) is 0 Å². The maximum atomic E-state index is 10.4. The molecule has 86 valence electrons. The molecule has 0 amide bonds. The molecule has 17 heavy (non-hydrogen) atoms. The summed E-state index contributed by atoms with van der Waals surface area (Å²) in [5.41, 5.74) is 0.00589. The minimum absolute atomic E-state index is 0.230. The second-order valence-corrected chi connectivity index (χ2v) is 4.04. The first-order chi connectivity index (χ1) is 8.18. The van der Waals surface area contributed by atoms with Crippen molar-refractivity contribution in [3.63, 3.8) is 0 Å². The van der Waals surface area contributed by atoms with Gasteiger partial charge in [-0.1, -0.05) is 12.1 Å². The van der Waals surface area contributed by atoms with Gasteiger partial charge in [0.1, 0.15) is 11.3 Å². The molecule has 0 unspecified atom stereocenters. The molecule has 2 aromatic heterocycles. The standard InChI is InChI=1S/C13H11NO3/c1-13(15,11-7-4-8-16-11)12-14-9-5-2-3-6-10(9)17-12/h2-8,15H,1H3/t13-/m1/s1. The molecule has 0 saturated carbocycles. The number of para-hydroxylation sites is 2. The van der Waals surface area contributed by atoms with Gasteiger partial charge < -0.3 is 13.9 Å². The predicted octanol–water partition coefficient (Wildman–Crippen LogP) is 2.68. The third-order valence-electron chi connectivity index (χ3n) is 2.71. The molecule has 0 aliphatic heterocycles. The van der Waals surface area contributed by atoms with Crippen LogP contribution in [0.2, 0.25) is 0 Å². The minimum atomic E-state index is -1.36. The van der Waals surface area contributed by atoms with Crippen LogP contribution in [0, 0.1) is 0 Å². The van der Waals surface area contributed by atoms with Crippen LogP contribution in [-0.4, -0.2) is 10.1 Å². The Hall–Kier alpha value is -2.07. The number of benzene rings is 1. The minimum Gasteiger partial charge on any atom is -0.466 e. The highest BCUT2D eigenvalue weighted by Gasteiger charge is 2.34. The monoisotopic (exact) mass is 229 g/mol.